The number of halogens is 1. The van der Waals surface area contributed by atoms with E-state index in [1.807, 2.05) is 12.1 Å². The maximum Gasteiger partial charge on any atom is 0.329 e. The number of fused-ring (bicyclic) bond motifs is 1. The van der Waals surface area contributed by atoms with Crippen molar-refractivity contribution >= 4 is 23.3 Å². The first kappa shape index (κ1) is 10.3. The topological polar surface area (TPSA) is 49.3 Å². The van der Waals surface area contributed by atoms with Crippen LogP contribution in [-0.2, 0) is 11.2 Å². The van der Waals surface area contributed by atoms with Crippen LogP contribution in [0.15, 0.2) is 18.2 Å². The molecule has 1 heterocycles. The van der Waals surface area contributed by atoms with E-state index in [1.165, 1.54) is 0 Å². The molecule has 0 saturated carbocycles. The second kappa shape index (κ2) is 3.42. The molecule has 0 aromatic heterocycles. The quantitative estimate of drug-likeness (QED) is 0.772. The summed E-state index contributed by atoms with van der Waals surface area (Å²) in [6.45, 7) is 1.68. The van der Waals surface area contributed by atoms with Crippen molar-refractivity contribution in [1.29, 1.82) is 0 Å². The number of nitrogens with one attached hydrogen (secondary N) is 1. The van der Waals surface area contributed by atoms with Gasteiger partial charge in [-0.15, -0.1) is 0 Å². The van der Waals surface area contributed by atoms with Crippen LogP contribution in [0.5, 0.6) is 0 Å². The Balaban J connectivity index is 2.42. The maximum atomic E-state index is 11.1. The average Bonchev–Trinajstić information content (AvgIpc) is 2.19. The number of hydrogen-bond acceptors (Lipinski definition) is 2. The number of para-hydroxylation sites is 1. The lowest BCUT2D eigenvalue weighted by atomic mass is 9.88. The molecule has 2 rings (SSSR count). The van der Waals surface area contributed by atoms with Crippen LogP contribution >= 0.6 is 11.6 Å². The van der Waals surface area contributed by atoms with E-state index in [-0.39, 0.29) is 0 Å². The molecular weight excluding hydrogens is 214 g/mol. The number of rotatable bonds is 1. The Bertz CT molecular complexity index is 419. The normalized spacial score (nSPS) is 24.1. The molecule has 15 heavy (non-hydrogen) atoms. The molecule has 1 aliphatic rings. The van der Waals surface area contributed by atoms with E-state index in [9.17, 15) is 4.79 Å². The van der Waals surface area contributed by atoms with Crippen molar-refractivity contribution in [2.24, 2.45) is 0 Å². The second-order valence-electron chi connectivity index (χ2n) is 4.04. The minimum absolute atomic E-state index is 0.579. The third-order valence-corrected chi connectivity index (χ3v) is 3.18. The van der Waals surface area contributed by atoms with Crippen LogP contribution in [0.25, 0.3) is 0 Å². The van der Waals surface area contributed by atoms with Gasteiger partial charge in [-0.2, -0.15) is 0 Å². The van der Waals surface area contributed by atoms with Gasteiger partial charge in [0.25, 0.3) is 0 Å². The van der Waals surface area contributed by atoms with Crippen molar-refractivity contribution in [2.45, 2.75) is 25.3 Å². The van der Waals surface area contributed by atoms with Crippen LogP contribution in [0.3, 0.4) is 0 Å². The van der Waals surface area contributed by atoms with Crippen molar-refractivity contribution in [2.75, 3.05) is 5.32 Å². The predicted octanol–water partition coefficient (Wildman–Crippen LogP) is 2.54. The second-order valence-corrected chi connectivity index (χ2v) is 4.44. The molecule has 0 fully saturated rings. The first-order valence-electron chi connectivity index (χ1n) is 4.82. The van der Waals surface area contributed by atoms with Gasteiger partial charge in [-0.3, -0.25) is 0 Å². The Kier molecular flexibility index (Phi) is 2.35. The molecule has 0 radical (unpaired) electrons. The highest BCUT2D eigenvalue weighted by atomic mass is 35.5. The Hall–Kier alpha value is -1.22. The first-order valence-corrected chi connectivity index (χ1v) is 5.20. The van der Waals surface area contributed by atoms with Gasteiger partial charge in [0.15, 0.2) is 0 Å². The number of anilines is 1. The summed E-state index contributed by atoms with van der Waals surface area (Å²) in [5.41, 5.74) is 0.939. The highest BCUT2D eigenvalue weighted by Gasteiger charge is 2.36. The van der Waals surface area contributed by atoms with E-state index >= 15 is 0 Å². The smallest absolute Gasteiger partial charge is 0.329 e. The lowest BCUT2D eigenvalue weighted by molar-refractivity contribution is -0.142. The number of carboxylic acids is 1. The van der Waals surface area contributed by atoms with Gasteiger partial charge in [0, 0.05) is 0 Å². The summed E-state index contributed by atoms with van der Waals surface area (Å²) >= 11 is 6.02. The number of aryl methyl sites for hydroxylation is 1. The Morgan fingerprint density at radius 1 is 1.60 bits per heavy atom. The molecule has 1 unspecified atom stereocenters. The molecule has 3 nitrogen and oxygen atoms in total. The van der Waals surface area contributed by atoms with Crippen LogP contribution < -0.4 is 5.32 Å². The fourth-order valence-electron chi connectivity index (χ4n) is 1.80. The van der Waals surface area contributed by atoms with Gasteiger partial charge in [-0.25, -0.2) is 4.79 Å². The lowest BCUT2D eigenvalue weighted by Crippen LogP contribution is -2.46. The number of hydrogen-bond donors (Lipinski definition) is 2. The zero-order valence-corrected chi connectivity index (χ0v) is 9.14. The molecular formula is C11H12ClNO2. The van der Waals surface area contributed by atoms with E-state index in [2.05, 4.69) is 5.32 Å². The first-order chi connectivity index (χ1) is 7.03. The van der Waals surface area contributed by atoms with Crippen LogP contribution in [0.2, 0.25) is 5.02 Å². The van der Waals surface area contributed by atoms with Crippen LogP contribution in [0.4, 0.5) is 5.69 Å². The zero-order valence-electron chi connectivity index (χ0n) is 8.38. The fraction of sp³-hybridized carbons (Fsp3) is 0.364. The zero-order chi connectivity index (χ0) is 11.1. The summed E-state index contributed by atoms with van der Waals surface area (Å²) in [7, 11) is 0. The molecule has 0 saturated heterocycles. The van der Waals surface area contributed by atoms with Crippen molar-refractivity contribution in [1.82, 2.24) is 0 Å². The number of aliphatic carboxylic acids is 1. The van der Waals surface area contributed by atoms with Gasteiger partial charge in [-0.05, 0) is 31.4 Å². The van der Waals surface area contributed by atoms with E-state index in [0.717, 1.165) is 17.7 Å². The lowest BCUT2D eigenvalue weighted by Gasteiger charge is -2.33. The Labute approximate surface area is 93.1 Å². The summed E-state index contributed by atoms with van der Waals surface area (Å²) < 4.78 is 0. The van der Waals surface area contributed by atoms with Crippen LogP contribution in [-0.4, -0.2) is 16.6 Å². The van der Waals surface area contributed by atoms with E-state index in [1.54, 1.807) is 13.0 Å². The molecule has 80 valence electrons. The molecule has 0 amide bonds. The average molecular weight is 226 g/mol. The van der Waals surface area contributed by atoms with E-state index < -0.39 is 11.5 Å². The maximum absolute atomic E-state index is 11.1. The standard InChI is InChI=1S/C11H12ClNO2/c1-11(10(14)15)6-5-7-3-2-4-8(12)9(7)13-11/h2-4,13H,5-6H2,1H3,(H,14,15). The largest absolute Gasteiger partial charge is 0.480 e. The van der Waals surface area contributed by atoms with E-state index in [4.69, 9.17) is 16.7 Å². The molecule has 0 spiro atoms. The predicted molar refractivity (Wildman–Crippen MR) is 59.4 cm³/mol. The van der Waals surface area contributed by atoms with Crippen LogP contribution in [0.1, 0.15) is 18.9 Å². The fourth-order valence-corrected chi connectivity index (χ4v) is 2.04. The third kappa shape index (κ3) is 1.67. The van der Waals surface area contributed by atoms with Gasteiger partial charge in [0.1, 0.15) is 5.54 Å². The minimum Gasteiger partial charge on any atom is -0.480 e. The monoisotopic (exact) mass is 225 g/mol. The minimum atomic E-state index is -0.905. The van der Waals surface area contributed by atoms with Gasteiger partial charge < -0.3 is 10.4 Å². The Morgan fingerprint density at radius 3 is 3.00 bits per heavy atom. The van der Waals surface area contributed by atoms with Crippen molar-refractivity contribution in [3.05, 3.63) is 28.8 Å². The summed E-state index contributed by atoms with van der Waals surface area (Å²) in [6.07, 6.45) is 1.32. The molecule has 1 aromatic carbocycles. The summed E-state index contributed by atoms with van der Waals surface area (Å²) in [5, 5.41) is 12.7. The van der Waals surface area contributed by atoms with Crippen molar-refractivity contribution in [3.8, 4) is 0 Å². The highest BCUT2D eigenvalue weighted by molar-refractivity contribution is 6.33. The number of carboxylic acid groups (broad SMARTS) is 1. The third-order valence-electron chi connectivity index (χ3n) is 2.87. The molecule has 1 aliphatic heterocycles. The van der Waals surface area contributed by atoms with Crippen LogP contribution in [0, 0.1) is 0 Å². The Morgan fingerprint density at radius 2 is 2.33 bits per heavy atom. The summed E-state index contributed by atoms with van der Waals surface area (Å²) in [4.78, 5) is 11.1. The molecule has 1 aromatic rings. The SMILES string of the molecule is CC1(C(=O)O)CCc2cccc(Cl)c2N1. The number of carbonyl (C=O) groups is 1. The molecule has 0 aliphatic carbocycles. The molecule has 4 heteroatoms. The summed E-state index contributed by atoms with van der Waals surface area (Å²) in [5.74, 6) is -0.840. The van der Waals surface area contributed by atoms with Crippen molar-refractivity contribution < 1.29 is 9.90 Å². The van der Waals surface area contributed by atoms with Gasteiger partial charge in [-0.1, -0.05) is 23.7 Å². The van der Waals surface area contributed by atoms with Gasteiger partial charge >= 0.3 is 5.97 Å². The van der Waals surface area contributed by atoms with Gasteiger partial charge in [0.05, 0.1) is 10.7 Å². The molecule has 1 atom stereocenters. The number of benzene rings is 1. The van der Waals surface area contributed by atoms with Crippen molar-refractivity contribution in [3.63, 3.8) is 0 Å². The molecule has 2 N–H and O–H groups in total. The summed E-state index contributed by atoms with van der Waals surface area (Å²) in [6, 6.07) is 5.61. The highest BCUT2D eigenvalue weighted by Crippen LogP contribution is 2.35. The molecule has 0 bridgehead atoms. The van der Waals surface area contributed by atoms with E-state index in [0.29, 0.717) is 11.4 Å². The van der Waals surface area contributed by atoms with Gasteiger partial charge in [0.2, 0.25) is 0 Å².